The number of hydrogen-bond donors (Lipinski definition) is 2. The van der Waals surface area contributed by atoms with Gasteiger partial charge in [0.2, 0.25) is 0 Å². The van der Waals surface area contributed by atoms with Gasteiger partial charge < -0.3 is 10.2 Å². The lowest BCUT2D eigenvalue weighted by Crippen LogP contribution is -1.85. The zero-order valence-corrected chi connectivity index (χ0v) is 11.0. The Hall–Kier alpha value is -2.20. The molecule has 0 bridgehead atoms. The van der Waals surface area contributed by atoms with Gasteiger partial charge in [0, 0.05) is 16.8 Å². The molecule has 0 fully saturated rings. The van der Waals surface area contributed by atoms with Gasteiger partial charge in [0.25, 0.3) is 5.22 Å². The fraction of sp³-hybridized carbons (Fsp3) is 0. The molecule has 0 amide bonds. The van der Waals surface area contributed by atoms with E-state index in [0.29, 0.717) is 5.22 Å². The number of hydrogen-bond acceptors (Lipinski definition) is 4. The van der Waals surface area contributed by atoms with E-state index in [2.05, 4.69) is 17.6 Å². The maximum Gasteiger partial charge on any atom is 0.253 e. The fourth-order valence-corrected chi connectivity index (χ4v) is 2.12. The fourth-order valence-electron chi connectivity index (χ4n) is 1.93. The van der Waals surface area contributed by atoms with Crippen molar-refractivity contribution in [1.82, 2.24) is 4.98 Å². The monoisotopic (exact) mass is 268 g/mol. The summed E-state index contributed by atoms with van der Waals surface area (Å²) in [7, 11) is 0. The van der Waals surface area contributed by atoms with Crippen molar-refractivity contribution in [2.24, 2.45) is 0 Å². The molecule has 3 rings (SSSR count). The number of benzene rings is 2. The molecule has 2 aromatic carbocycles. The van der Waals surface area contributed by atoms with E-state index in [-0.39, 0.29) is 0 Å². The van der Waals surface area contributed by atoms with Crippen molar-refractivity contribution in [3.05, 3.63) is 54.6 Å². The number of nitrogen functional groups attached to an aromatic ring is 1. The number of nitrogens with zero attached hydrogens (tertiary/aromatic N) is 1. The Bertz CT molecular complexity index is 690. The molecule has 19 heavy (non-hydrogen) atoms. The van der Waals surface area contributed by atoms with Crippen molar-refractivity contribution in [2.75, 3.05) is 5.73 Å². The van der Waals surface area contributed by atoms with Gasteiger partial charge in [-0.1, -0.05) is 55.1 Å². The number of oxazole rings is 1. The first-order chi connectivity index (χ1) is 9.24. The van der Waals surface area contributed by atoms with Crippen molar-refractivity contribution in [1.29, 1.82) is 0 Å². The van der Waals surface area contributed by atoms with E-state index in [1.54, 1.807) is 0 Å². The molecule has 1 aromatic heterocycles. The van der Waals surface area contributed by atoms with E-state index < -0.39 is 0 Å². The molecule has 94 valence electrons. The van der Waals surface area contributed by atoms with Gasteiger partial charge in [-0.25, -0.2) is 4.98 Å². The summed E-state index contributed by atoms with van der Waals surface area (Å²) >= 11 is 4.19. The van der Waals surface area contributed by atoms with Gasteiger partial charge in [-0.2, -0.15) is 0 Å². The minimum Gasteiger partial charge on any atom is -0.431 e. The van der Waals surface area contributed by atoms with Crippen molar-refractivity contribution in [2.45, 2.75) is 5.22 Å². The summed E-state index contributed by atoms with van der Waals surface area (Å²) < 4.78 is 5.61. The highest BCUT2D eigenvalue weighted by molar-refractivity contribution is 7.80. The molecule has 2 N–H and O–H groups in total. The second kappa shape index (κ2) is 4.82. The van der Waals surface area contributed by atoms with E-state index in [4.69, 9.17) is 10.2 Å². The van der Waals surface area contributed by atoms with Gasteiger partial charge in [0.05, 0.1) is 0 Å². The van der Waals surface area contributed by atoms with Crippen LogP contribution in [0.1, 0.15) is 0 Å². The Morgan fingerprint density at radius 3 is 2.26 bits per heavy atom. The highest BCUT2D eigenvalue weighted by atomic mass is 32.1. The van der Waals surface area contributed by atoms with Crippen LogP contribution in [0.2, 0.25) is 0 Å². The molecular formula is C15H12N2OS. The van der Waals surface area contributed by atoms with Crippen LogP contribution in [0.3, 0.4) is 0 Å². The lowest BCUT2D eigenvalue weighted by Gasteiger charge is -2.01. The molecule has 0 radical (unpaired) electrons. The van der Waals surface area contributed by atoms with Gasteiger partial charge in [0.15, 0.2) is 5.76 Å². The molecule has 0 unspecified atom stereocenters. The molecular weight excluding hydrogens is 256 g/mol. The third-order valence-corrected chi connectivity index (χ3v) is 3.03. The lowest BCUT2D eigenvalue weighted by molar-refractivity contribution is 0.468. The van der Waals surface area contributed by atoms with E-state index in [1.165, 1.54) is 0 Å². The maximum absolute atomic E-state index is 5.70. The van der Waals surface area contributed by atoms with Crippen LogP contribution < -0.4 is 5.73 Å². The Kier molecular flexibility index (Phi) is 3.01. The van der Waals surface area contributed by atoms with Crippen molar-refractivity contribution in [3.8, 4) is 22.6 Å². The van der Waals surface area contributed by atoms with E-state index in [9.17, 15) is 0 Å². The summed E-state index contributed by atoms with van der Waals surface area (Å²) in [5, 5.41) is 0.352. The number of thiol groups is 1. The molecule has 4 heteroatoms. The van der Waals surface area contributed by atoms with Gasteiger partial charge in [-0.05, 0) is 12.1 Å². The van der Waals surface area contributed by atoms with Crippen molar-refractivity contribution >= 4 is 18.3 Å². The van der Waals surface area contributed by atoms with Gasteiger partial charge >= 0.3 is 0 Å². The quantitative estimate of drug-likeness (QED) is 0.548. The Morgan fingerprint density at radius 1 is 0.895 bits per heavy atom. The third-order valence-electron chi connectivity index (χ3n) is 2.84. The molecule has 3 aromatic rings. The first kappa shape index (κ1) is 11.9. The maximum atomic E-state index is 5.70. The highest BCUT2D eigenvalue weighted by Crippen LogP contribution is 2.33. The average Bonchev–Trinajstić information content (AvgIpc) is 2.83. The van der Waals surface area contributed by atoms with Crippen LogP contribution >= 0.6 is 12.6 Å². The summed E-state index contributed by atoms with van der Waals surface area (Å²) in [6.45, 7) is 0. The summed E-state index contributed by atoms with van der Waals surface area (Å²) in [6, 6.07) is 17.4. The summed E-state index contributed by atoms with van der Waals surface area (Å²) in [5.74, 6) is 0.718. The second-order valence-corrected chi connectivity index (χ2v) is 4.54. The molecule has 0 saturated carbocycles. The zero-order valence-electron chi connectivity index (χ0n) is 10.1. The average molecular weight is 268 g/mol. The molecule has 1 heterocycles. The van der Waals surface area contributed by atoms with Crippen molar-refractivity contribution < 1.29 is 4.42 Å². The summed E-state index contributed by atoms with van der Waals surface area (Å²) in [5.41, 5.74) is 9.13. The number of anilines is 1. The molecule has 0 spiro atoms. The van der Waals surface area contributed by atoms with Gasteiger partial charge in [-0.3, -0.25) is 0 Å². The van der Waals surface area contributed by atoms with Crippen LogP contribution in [0.25, 0.3) is 22.6 Å². The standard InChI is InChI=1S/C15H12N2OS/c16-12-8-6-10(7-9-12)13-14(18-15(19)17-13)11-4-2-1-3-5-11/h1-9H,16H2,(H,17,19). The number of aromatic nitrogens is 1. The van der Waals surface area contributed by atoms with Gasteiger partial charge in [0.1, 0.15) is 5.69 Å². The zero-order chi connectivity index (χ0) is 13.2. The Balaban J connectivity index is 2.15. The normalized spacial score (nSPS) is 10.6. The minimum atomic E-state index is 0.352. The number of nitrogens with two attached hydrogens (primary N) is 1. The van der Waals surface area contributed by atoms with Crippen LogP contribution in [-0.2, 0) is 0 Å². The summed E-state index contributed by atoms with van der Waals surface area (Å²) in [4.78, 5) is 4.34. The molecule has 3 nitrogen and oxygen atoms in total. The van der Waals surface area contributed by atoms with Crippen LogP contribution in [0.5, 0.6) is 0 Å². The third kappa shape index (κ3) is 2.35. The first-order valence-corrected chi connectivity index (χ1v) is 6.30. The predicted octanol–water partition coefficient (Wildman–Crippen LogP) is 3.88. The molecule has 0 aliphatic heterocycles. The van der Waals surface area contributed by atoms with Gasteiger partial charge in [-0.15, -0.1) is 0 Å². The van der Waals surface area contributed by atoms with Crippen LogP contribution in [0.4, 0.5) is 5.69 Å². The Morgan fingerprint density at radius 2 is 1.58 bits per heavy atom. The predicted molar refractivity (Wildman–Crippen MR) is 79.0 cm³/mol. The molecule has 0 atom stereocenters. The SMILES string of the molecule is Nc1ccc(-c2nc(S)oc2-c2ccccc2)cc1. The largest absolute Gasteiger partial charge is 0.431 e. The topological polar surface area (TPSA) is 52.0 Å². The first-order valence-electron chi connectivity index (χ1n) is 5.85. The Labute approximate surface area is 116 Å². The lowest BCUT2D eigenvalue weighted by atomic mass is 10.1. The molecule has 0 aliphatic rings. The van der Waals surface area contributed by atoms with Crippen LogP contribution in [-0.4, -0.2) is 4.98 Å². The van der Waals surface area contributed by atoms with E-state index >= 15 is 0 Å². The molecule has 0 saturated heterocycles. The van der Waals surface area contributed by atoms with E-state index in [1.807, 2.05) is 54.6 Å². The van der Waals surface area contributed by atoms with Crippen molar-refractivity contribution in [3.63, 3.8) is 0 Å². The van der Waals surface area contributed by atoms with Crippen LogP contribution in [0, 0.1) is 0 Å². The minimum absolute atomic E-state index is 0.352. The van der Waals surface area contributed by atoms with Crippen LogP contribution in [0.15, 0.2) is 64.2 Å². The summed E-state index contributed by atoms with van der Waals surface area (Å²) in [6.07, 6.45) is 0. The second-order valence-electron chi connectivity index (χ2n) is 4.16. The smallest absolute Gasteiger partial charge is 0.253 e. The van der Waals surface area contributed by atoms with E-state index in [0.717, 1.165) is 28.3 Å². The number of rotatable bonds is 2. The molecule has 0 aliphatic carbocycles. The highest BCUT2D eigenvalue weighted by Gasteiger charge is 2.14.